The summed E-state index contributed by atoms with van der Waals surface area (Å²) in [6.45, 7) is 4.26. The largest absolute Gasteiger partial charge is 0.440 e. The number of carbonyl (C=O) groups excluding carboxylic acids is 1. The van der Waals surface area contributed by atoms with E-state index in [1.165, 1.54) is 5.56 Å². The smallest absolute Gasteiger partial charge is 0.315 e. The van der Waals surface area contributed by atoms with Crippen LogP contribution in [0.25, 0.3) is 0 Å². The van der Waals surface area contributed by atoms with E-state index in [2.05, 4.69) is 32.0 Å². The van der Waals surface area contributed by atoms with Gasteiger partial charge in [-0.2, -0.15) is 5.26 Å². The molecule has 1 aliphatic rings. The number of fused-ring (bicyclic) bond motifs is 1. The van der Waals surface area contributed by atoms with Crippen LogP contribution in [0, 0.1) is 11.3 Å². The van der Waals surface area contributed by atoms with Crippen molar-refractivity contribution in [3.63, 3.8) is 0 Å². The molecule has 0 bridgehead atoms. The topological polar surface area (TPSA) is 85.3 Å². The predicted octanol–water partition coefficient (Wildman–Crippen LogP) is 5.83. The lowest BCUT2D eigenvalue weighted by molar-refractivity contribution is -0.133. The number of halogens is 1. The SMILES string of the molecule is CC(C)c1ccc(C2C(C#N)=C(N)Oc3cc(OC(=O)Cc4ccc(Cl)cc4)ccc32)cc1. The van der Waals surface area contributed by atoms with Crippen molar-refractivity contribution in [1.82, 2.24) is 0 Å². The van der Waals surface area contributed by atoms with Crippen molar-refractivity contribution in [1.29, 1.82) is 5.26 Å². The molecule has 2 N–H and O–H groups in total. The van der Waals surface area contributed by atoms with Crippen molar-refractivity contribution in [2.45, 2.75) is 32.1 Å². The second-order valence-corrected chi connectivity index (χ2v) is 8.66. The Labute approximate surface area is 198 Å². The number of benzene rings is 3. The highest BCUT2D eigenvalue weighted by atomic mass is 35.5. The fraction of sp³-hybridized carbons (Fsp3) is 0.185. The molecule has 166 valence electrons. The Bertz CT molecular complexity index is 1260. The molecule has 1 heterocycles. The number of hydrogen-bond acceptors (Lipinski definition) is 5. The van der Waals surface area contributed by atoms with E-state index in [-0.39, 0.29) is 18.2 Å². The maximum Gasteiger partial charge on any atom is 0.315 e. The highest BCUT2D eigenvalue weighted by molar-refractivity contribution is 6.30. The van der Waals surface area contributed by atoms with E-state index in [1.54, 1.807) is 36.4 Å². The van der Waals surface area contributed by atoms with Gasteiger partial charge in [-0.15, -0.1) is 0 Å². The van der Waals surface area contributed by atoms with Gasteiger partial charge in [0.05, 0.1) is 12.3 Å². The molecule has 0 saturated heterocycles. The van der Waals surface area contributed by atoms with E-state index in [1.807, 2.05) is 18.2 Å². The van der Waals surface area contributed by atoms with Crippen LogP contribution in [0.1, 0.15) is 47.9 Å². The Balaban J connectivity index is 1.60. The fourth-order valence-corrected chi connectivity index (χ4v) is 3.98. The summed E-state index contributed by atoms with van der Waals surface area (Å²) < 4.78 is 11.2. The Kier molecular flexibility index (Phi) is 6.39. The van der Waals surface area contributed by atoms with E-state index in [0.29, 0.717) is 28.0 Å². The molecular weight excluding hydrogens is 436 g/mol. The molecule has 0 radical (unpaired) electrons. The average Bonchev–Trinajstić information content (AvgIpc) is 2.79. The molecule has 0 aromatic heterocycles. The Morgan fingerprint density at radius 1 is 1.12 bits per heavy atom. The number of carbonyl (C=O) groups is 1. The first-order valence-electron chi connectivity index (χ1n) is 10.6. The molecule has 33 heavy (non-hydrogen) atoms. The van der Waals surface area contributed by atoms with Crippen LogP contribution in [0.3, 0.4) is 0 Å². The first-order valence-corrected chi connectivity index (χ1v) is 11.0. The number of nitrogens with two attached hydrogens (primary N) is 1. The Morgan fingerprint density at radius 2 is 1.82 bits per heavy atom. The maximum atomic E-state index is 12.4. The fourth-order valence-electron chi connectivity index (χ4n) is 3.85. The van der Waals surface area contributed by atoms with Crippen molar-refractivity contribution in [2.24, 2.45) is 5.73 Å². The number of rotatable bonds is 5. The molecule has 1 aliphatic heterocycles. The van der Waals surface area contributed by atoms with Crippen LogP contribution in [-0.2, 0) is 11.2 Å². The van der Waals surface area contributed by atoms with E-state index in [4.69, 9.17) is 26.8 Å². The lowest BCUT2D eigenvalue weighted by Gasteiger charge is -2.27. The van der Waals surface area contributed by atoms with Gasteiger partial charge in [0.1, 0.15) is 23.1 Å². The van der Waals surface area contributed by atoms with E-state index >= 15 is 0 Å². The van der Waals surface area contributed by atoms with Crippen molar-refractivity contribution in [3.8, 4) is 17.6 Å². The highest BCUT2D eigenvalue weighted by Crippen LogP contribution is 2.43. The molecule has 1 unspecified atom stereocenters. The Morgan fingerprint density at radius 3 is 2.45 bits per heavy atom. The van der Waals surface area contributed by atoms with E-state index in [0.717, 1.165) is 16.7 Å². The summed E-state index contributed by atoms with van der Waals surface area (Å²) in [6, 6.07) is 22.5. The number of esters is 1. The van der Waals surface area contributed by atoms with Gasteiger partial charge < -0.3 is 15.2 Å². The minimum absolute atomic E-state index is 0.0487. The third kappa shape index (κ3) is 4.87. The zero-order valence-electron chi connectivity index (χ0n) is 18.3. The molecular formula is C27H23ClN2O3. The lowest BCUT2D eigenvalue weighted by atomic mass is 9.83. The minimum atomic E-state index is -0.407. The molecule has 0 saturated carbocycles. The normalized spacial score (nSPS) is 14.9. The zero-order valence-corrected chi connectivity index (χ0v) is 19.1. The lowest BCUT2D eigenvalue weighted by Crippen LogP contribution is -2.21. The molecule has 0 spiro atoms. The van der Waals surface area contributed by atoms with Gasteiger partial charge in [-0.05, 0) is 40.8 Å². The van der Waals surface area contributed by atoms with Crippen molar-refractivity contribution in [3.05, 3.63) is 105 Å². The van der Waals surface area contributed by atoms with E-state index in [9.17, 15) is 10.1 Å². The highest BCUT2D eigenvalue weighted by Gasteiger charge is 2.31. The standard InChI is InChI=1S/C27H23ClN2O3/c1-16(2)18-5-7-19(8-6-18)26-22-12-11-21(14-24(22)33-27(30)23(26)15-29)32-25(31)13-17-3-9-20(28)10-4-17/h3-12,14,16,26H,13,30H2,1-2H3. The van der Waals surface area contributed by atoms with E-state index < -0.39 is 5.97 Å². The molecule has 0 amide bonds. The van der Waals surface area contributed by atoms with Crippen LogP contribution < -0.4 is 15.2 Å². The van der Waals surface area contributed by atoms with Gasteiger partial charge in [-0.1, -0.05) is 67.9 Å². The first-order chi connectivity index (χ1) is 15.9. The van der Waals surface area contributed by atoms with Gasteiger partial charge in [0.2, 0.25) is 5.88 Å². The summed E-state index contributed by atoms with van der Waals surface area (Å²) in [4.78, 5) is 12.4. The van der Waals surface area contributed by atoms with Crippen LogP contribution in [0.2, 0.25) is 5.02 Å². The van der Waals surface area contributed by atoms with Gasteiger partial charge in [0.15, 0.2) is 0 Å². The number of nitrogens with zero attached hydrogens (tertiary/aromatic N) is 1. The molecule has 3 aromatic carbocycles. The van der Waals surface area contributed by atoms with Gasteiger partial charge in [-0.3, -0.25) is 4.79 Å². The van der Waals surface area contributed by atoms with Gasteiger partial charge >= 0.3 is 5.97 Å². The summed E-state index contributed by atoms with van der Waals surface area (Å²) in [5.41, 5.74) is 10.2. The molecule has 0 fully saturated rings. The average molecular weight is 459 g/mol. The van der Waals surface area contributed by atoms with Crippen molar-refractivity contribution >= 4 is 17.6 Å². The zero-order chi connectivity index (χ0) is 23.5. The quantitative estimate of drug-likeness (QED) is 0.384. The molecule has 0 aliphatic carbocycles. The van der Waals surface area contributed by atoms with Crippen LogP contribution in [0.4, 0.5) is 0 Å². The third-order valence-electron chi connectivity index (χ3n) is 5.62. The number of nitriles is 1. The van der Waals surface area contributed by atoms with Crippen LogP contribution in [0.5, 0.6) is 11.5 Å². The minimum Gasteiger partial charge on any atom is -0.440 e. The first kappa shape index (κ1) is 22.4. The monoisotopic (exact) mass is 458 g/mol. The number of allylic oxidation sites excluding steroid dienone is 1. The van der Waals surface area contributed by atoms with Crippen LogP contribution in [0.15, 0.2) is 78.2 Å². The van der Waals surface area contributed by atoms with Crippen molar-refractivity contribution in [2.75, 3.05) is 0 Å². The molecule has 5 nitrogen and oxygen atoms in total. The van der Waals surface area contributed by atoms with Gasteiger partial charge in [-0.25, -0.2) is 0 Å². The van der Waals surface area contributed by atoms with Crippen molar-refractivity contribution < 1.29 is 14.3 Å². The Hall–Kier alpha value is -3.75. The summed E-state index contributed by atoms with van der Waals surface area (Å²) in [5.74, 6) is 0.486. The third-order valence-corrected chi connectivity index (χ3v) is 5.87. The number of ether oxygens (including phenoxy) is 2. The second-order valence-electron chi connectivity index (χ2n) is 8.22. The summed E-state index contributed by atoms with van der Waals surface area (Å²) >= 11 is 5.89. The molecule has 3 aromatic rings. The predicted molar refractivity (Wildman–Crippen MR) is 127 cm³/mol. The maximum absolute atomic E-state index is 12.4. The summed E-state index contributed by atoms with van der Waals surface area (Å²) in [7, 11) is 0. The number of hydrogen-bond donors (Lipinski definition) is 1. The second kappa shape index (κ2) is 9.40. The summed E-state index contributed by atoms with van der Waals surface area (Å²) in [5, 5.41) is 10.4. The molecule has 1 atom stereocenters. The van der Waals surface area contributed by atoms with Crippen LogP contribution >= 0.6 is 11.6 Å². The summed E-state index contributed by atoms with van der Waals surface area (Å²) in [6.07, 6.45) is 0.112. The van der Waals surface area contributed by atoms with Gasteiger partial charge in [0.25, 0.3) is 0 Å². The molecule has 4 rings (SSSR count). The van der Waals surface area contributed by atoms with Crippen LogP contribution in [-0.4, -0.2) is 5.97 Å². The van der Waals surface area contributed by atoms with Gasteiger partial charge in [0, 0.05) is 16.7 Å². The molecule has 6 heteroatoms.